The molecule has 0 spiro atoms. The lowest BCUT2D eigenvalue weighted by atomic mass is 9.98. The molecular formula is C23H32N6O3. The zero-order valence-electron chi connectivity index (χ0n) is 19.7. The molecule has 0 radical (unpaired) electrons. The van der Waals surface area contributed by atoms with Crippen LogP contribution in [-0.4, -0.2) is 83.4 Å². The van der Waals surface area contributed by atoms with Crippen LogP contribution in [0.2, 0.25) is 0 Å². The lowest BCUT2D eigenvalue weighted by Gasteiger charge is -2.26. The van der Waals surface area contributed by atoms with Gasteiger partial charge in [0.25, 0.3) is 0 Å². The smallest absolute Gasteiger partial charge is 0.226 e. The second-order valence-corrected chi connectivity index (χ2v) is 8.16. The average molecular weight is 441 g/mol. The number of hydrogen-bond donors (Lipinski definition) is 2. The van der Waals surface area contributed by atoms with Crippen LogP contribution in [0.15, 0.2) is 12.1 Å². The van der Waals surface area contributed by atoms with E-state index in [-0.39, 0.29) is 0 Å². The van der Waals surface area contributed by atoms with Crippen molar-refractivity contribution in [1.82, 2.24) is 14.8 Å². The van der Waals surface area contributed by atoms with E-state index in [4.69, 9.17) is 14.2 Å². The van der Waals surface area contributed by atoms with E-state index < -0.39 is 0 Å². The van der Waals surface area contributed by atoms with Gasteiger partial charge in [0.05, 0.1) is 19.9 Å². The molecule has 1 aromatic carbocycles. The SMILES string of the molecule is COc1cc2c(cc1OC)Oc1nc(NCCN(C)C)c(C#N)c(NCCN(C)C)c1C2. The maximum Gasteiger partial charge on any atom is 0.226 e. The first-order chi connectivity index (χ1) is 15.4. The van der Waals surface area contributed by atoms with E-state index >= 15 is 0 Å². The fraction of sp³-hybridized carbons (Fsp3) is 0.478. The van der Waals surface area contributed by atoms with E-state index in [1.807, 2.05) is 40.3 Å². The molecule has 1 aliphatic rings. The Kier molecular flexibility index (Phi) is 7.62. The largest absolute Gasteiger partial charge is 0.493 e. The monoisotopic (exact) mass is 440 g/mol. The van der Waals surface area contributed by atoms with Gasteiger partial charge in [0.1, 0.15) is 23.2 Å². The summed E-state index contributed by atoms with van der Waals surface area (Å²) in [5.41, 5.74) is 3.06. The Bertz CT molecular complexity index is 1000. The van der Waals surface area contributed by atoms with Gasteiger partial charge in [0.15, 0.2) is 11.5 Å². The van der Waals surface area contributed by atoms with Crippen molar-refractivity contribution >= 4 is 11.5 Å². The van der Waals surface area contributed by atoms with Crippen LogP contribution < -0.4 is 24.8 Å². The van der Waals surface area contributed by atoms with E-state index in [0.717, 1.165) is 29.9 Å². The van der Waals surface area contributed by atoms with Crippen LogP contribution in [0.1, 0.15) is 16.7 Å². The van der Waals surface area contributed by atoms with Crippen LogP contribution >= 0.6 is 0 Å². The second kappa shape index (κ2) is 10.4. The van der Waals surface area contributed by atoms with E-state index in [0.29, 0.717) is 54.0 Å². The normalized spacial score (nSPS) is 12.0. The highest BCUT2D eigenvalue weighted by Crippen LogP contribution is 2.45. The number of anilines is 2. The fourth-order valence-corrected chi connectivity index (χ4v) is 3.51. The van der Waals surface area contributed by atoms with Gasteiger partial charge in [0, 0.05) is 49.8 Å². The number of methoxy groups -OCH3 is 2. The van der Waals surface area contributed by atoms with Gasteiger partial charge in [-0.3, -0.25) is 0 Å². The molecule has 1 aliphatic heterocycles. The average Bonchev–Trinajstić information content (AvgIpc) is 2.76. The molecular weight excluding hydrogens is 408 g/mol. The number of pyridine rings is 1. The van der Waals surface area contributed by atoms with Gasteiger partial charge in [-0.1, -0.05) is 0 Å². The molecule has 9 heteroatoms. The fourth-order valence-electron chi connectivity index (χ4n) is 3.51. The number of aromatic nitrogens is 1. The molecule has 0 bridgehead atoms. The van der Waals surface area contributed by atoms with Crippen LogP contribution in [0.5, 0.6) is 23.1 Å². The summed E-state index contributed by atoms with van der Waals surface area (Å²) in [7, 11) is 11.2. The van der Waals surface area contributed by atoms with E-state index in [2.05, 4.69) is 31.5 Å². The summed E-state index contributed by atoms with van der Waals surface area (Å²) in [6.45, 7) is 2.99. The molecule has 0 unspecified atom stereocenters. The third-order valence-corrected chi connectivity index (χ3v) is 5.22. The molecule has 9 nitrogen and oxygen atoms in total. The first-order valence-electron chi connectivity index (χ1n) is 10.5. The number of nitriles is 1. The van der Waals surface area contributed by atoms with Crippen LogP contribution in [0.3, 0.4) is 0 Å². The number of nitrogens with zero attached hydrogens (tertiary/aromatic N) is 4. The molecule has 0 aliphatic carbocycles. The van der Waals surface area contributed by atoms with Crippen LogP contribution in [0.4, 0.5) is 11.5 Å². The summed E-state index contributed by atoms with van der Waals surface area (Å²) >= 11 is 0. The Morgan fingerprint density at radius 2 is 1.66 bits per heavy atom. The highest BCUT2D eigenvalue weighted by Gasteiger charge is 2.27. The Morgan fingerprint density at radius 3 is 2.25 bits per heavy atom. The predicted molar refractivity (Wildman–Crippen MR) is 125 cm³/mol. The van der Waals surface area contributed by atoms with Crippen molar-refractivity contribution in [2.45, 2.75) is 6.42 Å². The Hall–Kier alpha value is -3.22. The topological polar surface area (TPSA) is 94.9 Å². The van der Waals surface area contributed by atoms with Crippen LogP contribution in [-0.2, 0) is 6.42 Å². The van der Waals surface area contributed by atoms with Gasteiger partial charge in [-0.05, 0) is 34.3 Å². The maximum atomic E-state index is 10.00. The van der Waals surface area contributed by atoms with Gasteiger partial charge < -0.3 is 34.6 Å². The van der Waals surface area contributed by atoms with Crippen molar-refractivity contribution in [3.05, 3.63) is 28.8 Å². The van der Waals surface area contributed by atoms with Crippen LogP contribution in [0.25, 0.3) is 0 Å². The molecule has 32 heavy (non-hydrogen) atoms. The third-order valence-electron chi connectivity index (χ3n) is 5.22. The number of nitrogens with one attached hydrogen (secondary N) is 2. The lowest BCUT2D eigenvalue weighted by molar-refractivity contribution is 0.349. The van der Waals surface area contributed by atoms with Crippen molar-refractivity contribution < 1.29 is 14.2 Å². The molecule has 172 valence electrons. The quantitative estimate of drug-likeness (QED) is 0.493. The summed E-state index contributed by atoms with van der Waals surface area (Å²) in [6.07, 6.45) is 0.564. The van der Waals surface area contributed by atoms with E-state index in [1.54, 1.807) is 14.2 Å². The number of likely N-dealkylation sites (N-methyl/N-ethyl adjacent to an activating group) is 2. The minimum atomic E-state index is 0.489. The summed E-state index contributed by atoms with van der Waals surface area (Å²) in [4.78, 5) is 8.84. The Morgan fingerprint density at radius 1 is 1.03 bits per heavy atom. The molecule has 2 aromatic rings. The number of fused-ring (bicyclic) bond motifs is 2. The predicted octanol–water partition coefficient (Wildman–Crippen LogP) is 2.61. The molecule has 1 aromatic heterocycles. The number of ether oxygens (including phenoxy) is 3. The summed E-state index contributed by atoms with van der Waals surface area (Å²) in [6, 6.07) is 6.07. The molecule has 0 atom stereocenters. The van der Waals surface area contributed by atoms with Crippen molar-refractivity contribution in [2.24, 2.45) is 0 Å². The molecule has 3 rings (SSSR count). The van der Waals surface area contributed by atoms with Gasteiger partial charge >= 0.3 is 0 Å². The van der Waals surface area contributed by atoms with Gasteiger partial charge in [-0.2, -0.15) is 10.2 Å². The molecule has 2 N–H and O–H groups in total. The molecule has 0 fully saturated rings. The number of benzene rings is 1. The van der Waals surface area contributed by atoms with E-state index in [1.165, 1.54) is 0 Å². The van der Waals surface area contributed by atoms with Crippen molar-refractivity contribution in [1.29, 1.82) is 5.26 Å². The maximum absolute atomic E-state index is 10.00. The highest BCUT2D eigenvalue weighted by atomic mass is 16.5. The van der Waals surface area contributed by atoms with Crippen molar-refractivity contribution in [3.8, 4) is 29.2 Å². The molecule has 0 saturated carbocycles. The first kappa shape index (κ1) is 23.4. The summed E-state index contributed by atoms with van der Waals surface area (Å²) < 4.78 is 17.1. The van der Waals surface area contributed by atoms with Gasteiger partial charge in [0.2, 0.25) is 5.88 Å². The van der Waals surface area contributed by atoms with Crippen LogP contribution in [0, 0.1) is 11.3 Å². The second-order valence-electron chi connectivity index (χ2n) is 8.16. The zero-order chi connectivity index (χ0) is 23.3. The molecule has 0 amide bonds. The number of rotatable bonds is 10. The lowest BCUT2D eigenvalue weighted by Crippen LogP contribution is -2.24. The number of hydrogen-bond acceptors (Lipinski definition) is 9. The molecule has 0 saturated heterocycles. The molecule has 2 heterocycles. The van der Waals surface area contributed by atoms with E-state index in [9.17, 15) is 5.26 Å². The summed E-state index contributed by atoms with van der Waals surface area (Å²) in [5.74, 6) is 2.91. The Labute approximate surface area is 189 Å². The van der Waals surface area contributed by atoms with Gasteiger partial charge in [-0.15, -0.1) is 0 Å². The van der Waals surface area contributed by atoms with Crippen molar-refractivity contribution in [3.63, 3.8) is 0 Å². The highest BCUT2D eigenvalue weighted by molar-refractivity contribution is 5.76. The van der Waals surface area contributed by atoms with Crippen molar-refractivity contribution in [2.75, 3.05) is 79.2 Å². The minimum absolute atomic E-state index is 0.489. The Balaban J connectivity index is 2.03. The van der Waals surface area contributed by atoms with Gasteiger partial charge in [-0.25, -0.2) is 0 Å². The minimum Gasteiger partial charge on any atom is -0.493 e. The third kappa shape index (κ3) is 5.15. The first-order valence-corrected chi connectivity index (χ1v) is 10.5. The standard InChI is InChI=1S/C23H32N6O3/c1-28(2)9-7-25-21-16-11-15-12-19(30-5)20(31-6)13-18(15)32-23(16)27-22(17(21)14-24)26-8-10-29(3)4/h12-13H,7-11H2,1-6H3,(H2,25,26,27). The summed E-state index contributed by atoms with van der Waals surface area (Å²) in [5, 5.41) is 16.7. The zero-order valence-corrected chi connectivity index (χ0v) is 19.7.